The molecule has 0 saturated carbocycles. The van der Waals surface area contributed by atoms with Crippen molar-refractivity contribution in [1.29, 1.82) is 5.26 Å². The Morgan fingerprint density at radius 2 is 1.81 bits per heavy atom. The summed E-state index contributed by atoms with van der Waals surface area (Å²) in [6, 6.07) is 12.1. The van der Waals surface area contributed by atoms with E-state index in [1.165, 1.54) is 25.1 Å². The lowest BCUT2D eigenvalue weighted by Gasteiger charge is -2.28. The summed E-state index contributed by atoms with van der Waals surface area (Å²) in [7, 11) is -3.76. The first-order valence-corrected chi connectivity index (χ1v) is 10.4. The van der Waals surface area contributed by atoms with Crippen molar-refractivity contribution in [3.63, 3.8) is 0 Å². The standard InChI is InChI=1S/C18H17Cl2N3O3S/c1-12(18(24)22-14-5-3-13(4-6-14)9-10-21)23(27(2,25)26)15-7-8-16(19)17(20)11-15/h3-8,11-12H,9H2,1-2H3,(H,22,24). The number of sulfonamides is 1. The predicted molar refractivity (Wildman–Crippen MR) is 108 cm³/mol. The van der Waals surface area contributed by atoms with Gasteiger partial charge in [-0.15, -0.1) is 0 Å². The molecule has 1 amide bonds. The van der Waals surface area contributed by atoms with Gasteiger partial charge in [-0.2, -0.15) is 5.26 Å². The Labute approximate surface area is 168 Å². The number of carbonyl (C=O) groups excluding carboxylic acids is 1. The highest BCUT2D eigenvalue weighted by molar-refractivity contribution is 7.92. The number of nitriles is 1. The molecule has 0 heterocycles. The molecule has 142 valence electrons. The first-order valence-electron chi connectivity index (χ1n) is 7.84. The fourth-order valence-corrected chi connectivity index (χ4v) is 3.93. The largest absolute Gasteiger partial charge is 0.324 e. The van der Waals surface area contributed by atoms with E-state index in [0.717, 1.165) is 16.1 Å². The molecule has 0 aliphatic rings. The Kier molecular flexibility index (Phi) is 6.71. The van der Waals surface area contributed by atoms with E-state index in [9.17, 15) is 13.2 Å². The van der Waals surface area contributed by atoms with E-state index in [1.807, 2.05) is 6.07 Å². The van der Waals surface area contributed by atoms with E-state index in [1.54, 1.807) is 24.3 Å². The minimum atomic E-state index is -3.76. The third kappa shape index (κ3) is 5.36. The van der Waals surface area contributed by atoms with Gasteiger partial charge in [-0.05, 0) is 42.8 Å². The summed E-state index contributed by atoms with van der Waals surface area (Å²) in [5.74, 6) is -0.514. The molecule has 1 atom stereocenters. The molecule has 0 fully saturated rings. The van der Waals surface area contributed by atoms with Crippen molar-refractivity contribution in [2.75, 3.05) is 15.9 Å². The van der Waals surface area contributed by atoms with Crippen LogP contribution < -0.4 is 9.62 Å². The number of hydrogen-bond acceptors (Lipinski definition) is 4. The quantitative estimate of drug-likeness (QED) is 0.760. The zero-order valence-corrected chi connectivity index (χ0v) is 16.9. The van der Waals surface area contributed by atoms with Gasteiger partial charge in [0.2, 0.25) is 15.9 Å². The molecule has 0 aromatic heterocycles. The van der Waals surface area contributed by atoms with Gasteiger partial charge < -0.3 is 5.32 Å². The third-order valence-corrected chi connectivity index (χ3v) is 5.73. The van der Waals surface area contributed by atoms with Crippen LogP contribution in [-0.4, -0.2) is 26.6 Å². The van der Waals surface area contributed by atoms with Crippen molar-refractivity contribution in [3.8, 4) is 6.07 Å². The highest BCUT2D eigenvalue weighted by Gasteiger charge is 2.29. The topological polar surface area (TPSA) is 90.3 Å². The first-order chi connectivity index (χ1) is 12.6. The van der Waals surface area contributed by atoms with Crippen LogP contribution in [0.3, 0.4) is 0 Å². The second kappa shape index (κ2) is 8.61. The molecule has 6 nitrogen and oxygen atoms in total. The Hall–Kier alpha value is -2.27. The van der Waals surface area contributed by atoms with Crippen LogP contribution in [0.15, 0.2) is 42.5 Å². The van der Waals surface area contributed by atoms with Crippen LogP contribution in [0.1, 0.15) is 12.5 Å². The number of hydrogen-bond donors (Lipinski definition) is 1. The number of rotatable bonds is 6. The molecule has 2 rings (SSSR count). The Morgan fingerprint density at radius 1 is 1.19 bits per heavy atom. The van der Waals surface area contributed by atoms with E-state index in [4.69, 9.17) is 28.5 Å². The van der Waals surface area contributed by atoms with Crippen LogP contribution in [0.5, 0.6) is 0 Å². The molecule has 0 radical (unpaired) electrons. The molecule has 1 N–H and O–H groups in total. The van der Waals surface area contributed by atoms with Crippen molar-refractivity contribution in [1.82, 2.24) is 0 Å². The van der Waals surface area contributed by atoms with Gasteiger partial charge in [-0.3, -0.25) is 9.10 Å². The molecule has 0 bridgehead atoms. The Balaban J connectivity index is 2.26. The lowest BCUT2D eigenvalue weighted by Crippen LogP contribution is -2.45. The summed E-state index contributed by atoms with van der Waals surface area (Å²) in [4.78, 5) is 12.6. The molecule has 0 spiro atoms. The first kappa shape index (κ1) is 21.0. The van der Waals surface area contributed by atoms with Crippen LogP contribution in [0.2, 0.25) is 10.0 Å². The third-order valence-electron chi connectivity index (χ3n) is 3.75. The van der Waals surface area contributed by atoms with E-state index in [0.29, 0.717) is 5.69 Å². The summed E-state index contributed by atoms with van der Waals surface area (Å²) in [5.41, 5.74) is 1.55. The van der Waals surface area contributed by atoms with Gasteiger partial charge in [0.1, 0.15) is 6.04 Å². The maximum atomic E-state index is 12.6. The van der Waals surface area contributed by atoms with Crippen LogP contribution in [0.25, 0.3) is 0 Å². The fourth-order valence-electron chi connectivity index (χ4n) is 2.47. The summed E-state index contributed by atoms with van der Waals surface area (Å²) >= 11 is 11.9. The van der Waals surface area contributed by atoms with E-state index < -0.39 is 22.0 Å². The van der Waals surface area contributed by atoms with Crippen LogP contribution in [0, 0.1) is 11.3 Å². The SMILES string of the molecule is CC(C(=O)Nc1ccc(CC#N)cc1)N(c1ccc(Cl)c(Cl)c1)S(C)(=O)=O. The molecule has 0 aliphatic heterocycles. The number of anilines is 2. The maximum absolute atomic E-state index is 12.6. The smallest absolute Gasteiger partial charge is 0.247 e. The van der Waals surface area contributed by atoms with Crippen LogP contribution in [-0.2, 0) is 21.2 Å². The highest BCUT2D eigenvalue weighted by Crippen LogP contribution is 2.29. The summed E-state index contributed by atoms with van der Waals surface area (Å²) in [5, 5.41) is 11.8. The second-order valence-electron chi connectivity index (χ2n) is 5.85. The number of amides is 1. The van der Waals surface area contributed by atoms with Crippen molar-refractivity contribution in [3.05, 3.63) is 58.1 Å². The molecule has 0 saturated heterocycles. The average Bonchev–Trinajstić information content (AvgIpc) is 2.59. The molecule has 0 aliphatic carbocycles. The van der Waals surface area contributed by atoms with Crippen molar-refractivity contribution < 1.29 is 13.2 Å². The van der Waals surface area contributed by atoms with Gasteiger partial charge in [0.05, 0.1) is 34.5 Å². The van der Waals surface area contributed by atoms with Gasteiger partial charge in [-0.1, -0.05) is 35.3 Å². The summed E-state index contributed by atoms with van der Waals surface area (Å²) < 4.78 is 25.5. The minimum Gasteiger partial charge on any atom is -0.324 e. The number of nitrogens with one attached hydrogen (secondary N) is 1. The number of carbonyl (C=O) groups is 1. The monoisotopic (exact) mass is 425 g/mol. The van der Waals surface area contributed by atoms with E-state index in [-0.39, 0.29) is 22.2 Å². The number of benzene rings is 2. The lowest BCUT2D eigenvalue weighted by atomic mass is 10.1. The van der Waals surface area contributed by atoms with Crippen molar-refractivity contribution in [2.24, 2.45) is 0 Å². The van der Waals surface area contributed by atoms with E-state index >= 15 is 0 Å². The normalized spacial score (nSPS) is 12.1. The second-order valence-corrected chi connectivity index (χ2v) is 8.53. The van der Waals surface area contributed by atoms with Crippen molar-refractivity contribution >= 4 is 50.5 Å². The molecule has 1 unspecified atom stereocenters. The molecule has 2 aromatic rings. The average molecular weight is 426 g/mol. The number of nitrogens with zero attached hydrogens (tertiary/aromatic N) is 2. The molecular formula is C18H17Cl2N3O3S. The van der Waals surface area contributed by atoms with Crippen LogP contribution in [0.4, 0.5) is 11.4 Å². The number of halogens is 2. The Bertz CT molecular complexity index is 986. The summed E-state index contributed by atoms with van der Waals surface area (Å²) in [6.07, 6.45) is 1.28. The Morgan fingerprint density at radius 3 is 2.33 bits per heavy atom. The predicted octanol–water partition coefficient (Wildman–Crippen LogP) is 3.85. The molecular weight excluding hydrogens is 409 g/mol. The highest BCUT2D eigenvalue weighted by atomic mass is 35.5. The van der Waals surface area contributed by atoms with Crippen LogP contribution >= 0.6 is 23.2 Å². The van der Waals surface area contributed by atoms with E-state index in [2.05, 4.69) is 5.32 Å². The zero-order valence-electron chi connectivity index (χ0n) is 14.6. The minimum absolute atomic E-state index is 0.184. The van der Waals surface area contributed by atoms with Gasteiger partial charge in [-0.25, -0.2) is 8.42 Å². The van der Waals surface area contributed by atoms with Crippen molar-refractivity contribution in [2.45, 2.75) is 19.4 Å². The maximum Gasteiger partial charge on any atom is 0.247 e. The van der Waals surface area contributed by atoms with Gasteiger partial charge >= 0.3 is 0 Å². The lowest BCUT2D eigenvalue weighted by molar-refractivity contribution is -0.116. The van der Waals surface area contributed by atoms with Gasteiger partial charge in [0, 0.05) is 5.69 Å². The molecule has 2 aromatic carbocycles. The fraction of sp³-hybridized carbons (Fsp3) is 0.222. The molecule has 27 heavy (non-hydrogen) atoms. The zero-order chi connectivity index (χ0) is 20.2. The molecule has 9 heteroatoms. The van der Waals surface area contributed by atoms with Gasteiger partial charge in [0.15, 0.2) is 0 Å². The van der Waals surface area contributed by atoms with Gasteiger partial charge in [0.25, 0.3) is 0 Å². The summed E-state index contributed by atoms with van der Waals surface area (Å²) in [6.45, 7) is 1.48.